The molecule has 0 fully saturated rings. The molecular formula is C12H13ClN4O. The van der Waals surface area contributed by atoms with Gasteiger partial charge < -0.3 is 5.32 Å². The highest BCUT2D eigenvalue weighted by atomic mass is 35.5. The van der Waals surface area contributed by atoms with Crippen molar-refractivity contribution in [3.05, 3.63) is 40.5 Å². The van der Waals surface area contributed by atoms with Crippen molar-refractivity contribution in [1.82, 2.24) is 10.2 Å². The van der Waals surface area contributed by atoms with E-state index in [4.69, 9.17) is 11.6 Å². The number of hydrogen-bond donors (Lipinski definition) is 3. The first kappa shape index (κ1) is 12.4. The number of aromatic amines is 1. The first-order valence-corrected chi connectivity index (χ1v) is 5.79. The van der Waals surface area contributed by atoms with Crippen molar-refractivity contribution in [3.8, 4) is 0 Å². The van der Waals surface area contributed by atoms with Crippen molar-refractivity contribution in [2.75, 3.05) is 10.6 Å². The van der Waals surface area contributed by atoms with Gasteiger partial charge in [0.2, 0.25) is 0 Å². The Morgan fingerprint density at radius 3 is 2.72 bits per heavy atom. The quantitative estimate of drug-likeness (QED) is 0.779. The SMILES string of the molecule is Cc1[nH]nc(NC(=O)Nc2cccc(Cl)c2)c1C. The molecule has 0 saturated carbocycles. The van der Waals surface area contributed by atoms with E-state index in [9.17, 15) is 4.79 Å². The predicted octanol–water partition coefficient (Wildman–Crippen LogP) is 3.32. The summed E-state index contributed by atoms with van der Waals surface area (Å²) in [5, 5.41) is 12.7. The van der Waals surface area contributed by atoms with Gasteiger partial charge in [0, 0.05) is 22.0 Å². The van der Waals surface area contributed by atoms with Gasteiger partial charge in [-0.1, -0.05) is 17.7 Å². The summed E-state index contributed by atoms with van der Waals surface area (Å²) in [7, 11) is 0. The maximum atomic E-state index is 11.7. The Morgan fingerprint density at radius 2 is 2.11 bits per heavy atom. The molecule has 1 aromatic heterocycles. The molecule has 18 heavy (non-hydrogen) atoms. The van der Waals surface area contributed by atoms with Crippen LogP contribution in [0.1, 0.15) is 11.3 Å². The summed E-state index contributed by atoms with van der Waals surface area (Å²) in [6.07, 6.45) is 0. The molecule has 0 spiro atoms. The molecule has 0 aliphatic heterocycles. The van der Waals surface area contributed by atoms with Crippen LogP contribution >= 0.6 is 11.6 Å². The summed E-state index contributed by atoms with van der Waals surface area (Å²) < 4.78 is 0. The Kier molecular flexibility index (Phi) is 3.53. The Morgan fingerprint density at radius 1 is 1.33 bits per heavy atom. The number of carbonyl (C=O) groups is 1. The molecule has 0 aliphatic carbocycles. The standard InChI is InChI=1S/C12H13ClN4O/c1-7-8(2)16-17-11(7)15-12(18)14-10-5-3-4-9(13)6-10/h3-6H,1-2H3,(H3,14,15,16,17,18). The van der Waals surface area contributed by atoms with Gasteiger partial charge in [0.05, 0.1) is 0 Å². The number of H-pyrrole nitrogens is 1. The minimum absolute atomic E-state index is 0.355. The van der Waals surface area contributed by atoms with Gasteiger partial charge in [-0.25, -0.2) is 4.79 Å². The van der Waals surface area contributed by atoms with Gasteiger partial charge in [-0.15, -0.1) is 0 Å². The van der Waals surface area contributed by atoms with Crippen LogP contribution in [0.5, 0.6) is 0 Å². The zero-order valence-electron chi connectivity index (χ0n) is 10.0. The lowest BCUT2D eigenvalue weighted by Crippen LogP contribution is -2.20. The fourth-order valence-electron chi connectivity index (χ4n) is 1.44. The third-order valence-electron chi connectivity index (χ3n) is 2.57. The highest BCUT2D eigenvalue weighted by Gasteiger charge is 2.09. The Bertz CT molecular complexity index is 579. The van der Waals surface area contributed by atoms with E-state index in [2.05, 4.69) is 20.8 Å². The number of halogens is 1. The first-order valence-electron chi connectivity index (χ1n) is 5.41. The Hall–Kier alpha value is -2.01. The van der Waals surface area contributed by atoms with Crippen LogP contribution in [0.25, 0.3) is 0 Å². The van der Waals surface area contributed by atoms with Crippen molar-refractivity contribution >= 4 is 29.1 Å². The number of benzene rings is 1. The molecule has 0 saturated heterocycles. The second-order valence-electron chi connectivity index (χ2n) is 3.91. The number of anilines is 2. The van der Waals surface area contributed by atoms with E-state index in [1.54, 1.807) is 24.3 Å². The molecule has 0 bridgehead atoms. The maximum Gasteiger partial charge on any atom is 0.324 e. The molecule has 94 valence electrons. The number of hydrogen-bond acceptors (Lipinski definition) is 2. The minimum atomic E-state index is -0.355. The lowest BCUT2D eigenvalue weighted by atomic mass is 10.3. The minimum Gasteiger partial charge on any atom is -0.308 e. The monoisotopic (exact) mass is 264 g/mol. The van der Waals surface area contributed by atoms with Crippen molar-refractivity contribution in [1.29, 1.82) is 0 Å². The third kappa shape index (κ3) is 2.81. The van der Waals surface area contributed by atoms with Gasteiger partial charge in [-0.3, -0.25) is 10.4 Å². The number of urea groups is 1. The molecule has 2 aromatic rings. The number of aromatic nitrogens is 2. The molecule has 1 heterocycles. The van der Waals surface area contributed by atoms with Crippen LogP contribution in [-0.2, 0) is 0 Å². The molecule has 0 atom stereocenters. The lowest BCUT2D eigenvalue weighted by Gasteiger charge is -2.06. The van der Waals surface area contributed by atoms with Crippen LogP contribution in [0.3, 0.4) is 0 Å². The van der Waals surface area contributed by atoms with Gasteiger partial charge in [0.1, 0.15) is 0 Å². The molecule has 5 nitrogen and oxygen atoms in total. The second kappa shape index (κ2) is 5.10. The highest BCUT2D eigenvalue weighted by molar-refractivity contribution is 6.30. The topological polar surface area (TPSA) is 69.8 Å². The average Bonchev–Trinajstić information content (AvgIpc) is 2.61. The summed E-state index contributed by atoms with van der Waals surface area (Å²) in [6.45, 7) is 3.77. The molecule has 0 unspecified atom stereocenters. The van der Waals surface area contributed by atoms with E-state index < -0.39 is 0 Å². The largest absolute Gasteiger partial charge is 0.324 e. The Labute approximate surface area is 110 Å². The van der Waals surface area contributed by atoms with Crippen molar-refractivity contribution in [2.45, 2.75) is 13.8 Å². The zero-order chi connectivity index (χ0) is 13.1. The van der Waals surface area contributed by atoms with E-state index in [1.807, 2.05) is 13.8 Å². The molecular weight excluding hydrogens is 252 g/mol. The molecule has 3 N–H and O–H groups in total. The number of nitrogens with one attached hydrogen (secondary N) is 3. The fourth-order valence-corrected chi connectivity index (χ4v) is 1.63. The number of carbonyl (C=O) groups excluding carboxylic acids is 1. The fraction of sp³-hybridized carbons (Fsp3) is 0.167. The van der Waals surface area contributed by atoms with Gasteiger partial charge in [-0.05, 0) is 32.0 Å². The predicted molar refractivity (Wildman–Crippen MR) is 72.2 cm³/mol. The summed E-state index contributed by atoms with van der Waals surface area (Å²) in [5.74, 6) is 0.520. The number of amides is 2. The van der Waals surface area contributed by atoms with Crippen LogP contribution in [0.15, 0.2) is 24.3 Å². The van der Waals surface area contributed by atoms with Gasteiger partial charge in [-0.2, -0.15) is 5.10 Å². The average molecular weight is 265 g/mol. The van der Waals surface area contributed by atoms with Crippen molar-refractivity contribution < 1.29 is 4.79 Å². The summed E-state index contributed by atoms with van der Waals surface area (Å²) in [4.78, 5) is 11.7. The molecule has 2 rings (SSSR count). The van der Waals surface area contributed by atoms with E-state index in [0.717, 1.165) is 11.3 Å². The molecule has 0 aliphatic rings. The van der Waals surface area contributed by atoms with E-state index in [1.165, 1.54) is 0 Å². The number of nitrogens with zero attached hydrogens (tertiary/aromatic N) is 1. The van der Waals surface area contributed by atoms with E-state index >= 15 is 0 Å². The van der Waals surface area contributed by atoms with Gasteiger partial charge in [0.25, 0.3) is 0 Å². The van der Waals surface area contributed by atoms with Crippen LogP contribution in [0, 0.1) is 13.8 Å². The summed E-state index contributed by atoms with van der Waals surface area (Å²) in [5.41, 5.74) is 2.47. The van der Waals surface area contributed by atoms with E-state index in [-0.39, 0.29) is 6.03 Å². The number of rotatable bonds is 2. The van der Waals surface area contributed by atoms with Crippen LogP contribution in [0.2, 0.25) is 5.02 Å². The molecule has 1 aromatic carbocycles. The van der Waals surface area contributed by atoms with Crippen LogP contribution in [0.4, 0.5) is 16.3 Å². The maximum absolute atomic E-state index is 11.7. The normalized spacial score (nSPS) is 10.2. The zero-order valence-corrected chi connectivity index (χ0v) is 10.8. The summed E-state index contributed by atoms with van der Waals surface area (Å²) >= 11 is 5.83. The molecule has 2 amide bonds. The highest BCUT2D eigenvalue weighted by Crippen LogP contribution is 2.16. The smallest absolute Gasteiger partial charge is 0.308 e. The number of aryl methyl sites for hydroxylation is 1. The Balaban J connectivity index is 2.03. The van der Waals surface area contributed by atoms with Crippen LogP contribution in [-0.4, -0.2) is 16.2 Å². The third-order valence-corrected chi connectivity index (χ3v) is 2.80. The first-order chi connectivity index (χ1) is 8.56. The lowest BCUT2D eigenvalue weighted by molar-refractivity contribution is 0.262. The van der Waals surface area contributed by atoms with Gasteiger partial charge in [0.15, 0.2) is 5.82 Å². The summed E-state index contributed by atoms with van der Waals surface area (Å²) in [6, 6.07) is 6.58. The second-order valence-corrected chi connectivity index (χ2v) is 4.35. The van der Waals surface area contributed by atoms with Crippen molar-refractivity contribution in [3.63, 3.8) is 0 Å². The van der Waals surface area contributed by atoms with E-state index in [0.29, 0.717) is 16.5 Å². The van der Waals surface area contributed by atoms with Crippen molar-refractivity contribution in [2.24, 2.45) is 0 Å². The van der Waals surface area contributed by atoms with Crippen LogP contribution < -0.4 is 10.6 Å². The molecule has 6 heteroatoms. The molecule has 0 radical (unpaired) electrons. The van der Waals surface area contributed by atoms with Gasteiger partial charge >= 0.3 is 6.03 Å².